The summed E-state index contributed by atoms with van der Waals surface area (Å²) in [6.07, 6.45) is 0.518. The Bertz CT molecular complexity index is 1380. The van der Waals surface area contributed by atoms with Gasteiger partial charge in [0.05, 0.1) is 22.6 Å². The molecule has 1 atom stereocenters. The summed E-state index contributed by atoms with van der Waals surface area (Å²) in [5, 5.41) is 3.22. The van der Waals surface area contributed by atoms with Gasteiger partial charge in [0.2, 0.25) is 0 Å². The number of aryl methyl sites for hydroxylation is 1. The van der Waals surface area contributed by atoms with Crippen molar-refractivity contribution < 1.29 is 9.18 Å². The summed E-state index contributed by atoms with van der Waals surface area (Å²) in [7, 11) is 1.64. The maximum atomic E-state index is 13.6. The molecule has 0 radical (unpaired) electrons. The number of halogens is 1. The quantitative estimate of drug-likeness (QED) is 0.445. The van der Waals surface area contributed by atoms with E-state index in [1.54, 1.807) is 29.8 Å². The molecule has 0 fully saturated rings. The number of para-hydroxylation sites is 1. The first-order valence-electron chi connectivity index (χ1n) is 10.8. The number of nitrogens with zero attached hydrogens (tertiary/aromatic N) is 3. The summed E-state index contributed by atoms with van der Waals surface area (Å²) in [4.78, 5) is 32.9. The fraction of sp³-hybridized carbons (Fsp3) is 0.192. The molecule has 4 aromatic rings. The van der Waals surface area contributed by atoms with Crippen LogP contribution in [0.2, 0.25) is 0 Å². The van der Waals surface area contributed by atoms with Gasteiger partial charge in [-0.15, -0.1) is 0 Å². The van der Waals surface area contributed by atoms with Crippen LogP contribution in [0.4, 0.5) is 14.9 Å². The first-order valence-corrected chi connectivity index (χ1v) is 10.8. The number of carbonyl (C=O) groups is 1. The largest absolute Gasteiger partial charge is 0.322 e. The minimum atomic E-state index is -0.503. The molecule has 3 aromatic carbocycles. The van der Waals surface area contributed by atoms with Crippen LogP contribution in [0.15, 0.2) is 77.6 Å². The normalized spacial score (nSPS) is 11.9. The first kappa shape index (κ1) is 22.2. The van der Waals surface area contributed by atoms with Crippen LogP contribution in [0.3, 0.4) is 0 Å². The van der Waals surface area contributed by atoms with Gasteiger partial charge >= 0.3 is 6.03 Å². The second kappa shape index (κ2) is 9.24. The van der Waals surface area contributed by atoms with E-state index >= 15 is 0 Å². The van der Waals surface area contributed by atoms with Crippen molar-refractivity contribution in [1.82, 2.24) is 14.5 Å². The number of nitrogens with one attached hydrogen (secondary N) is 1. The second-order valence-corrected chi connectivity index (χ2v) is 7.94. The Kier molecular flexibility index (Phi) is 6.22. The number of amides is 2. The molecule has 33 heavy (non-hydrogen) atoms. The molecule has 168 valence electrons. The molecule has 4 rings (SSSR count). The zero-order valence-electron chi connectivity index (χ0n) is 18.7. The van der Waals surface area contributed by atoms with Gasteiger partial charge < -0.3 is 10.2 Å². The Hall–Kier alpha value is -4.00. The molecule has 0 bridgehead atoms. The third kappa shape index (κ3) is 4.48. The minimum Gasteiger partial charge on any atom is -0.317 e. The minimum absolute atomic E-state index is 0.196. The standard InChI is InChI=1S/C26H25FN4O2/c1-4-23(30(3)26(33)28-19-11-8-10-18(27)16-19)24-29-22-14-6-5-13-21(22)25(32)31(24)20-12-7-9-17(2)15-20/h5-16,23H,4H2,1-3H3,(H,28,33). The van der Waals surface area contributed by atoms with Gasteiger partial charge in [0, 0.05) is 12.7 Å². The van der Waals surface area contributed by atoms with Crippen molar-refractivity contribution in [3.63, 3.8) is 0 Å². The molecular weight excluding hydrogens is 419 g/mol. The average molecular weight is 445 g/mol. The Morgan fingerprint density at radius 1 is 1.09 bits per heavy atom. The van der Waals surface area contributed by atoms with Gasteiger partial charge in [0.1, 0.15) is 11.6 Å². The van der Waals surface area contributed by atoms with E-state index in [1.165, 1.54) is 23.1 Å². The van der Waals surface area contributed by atoms with Crippen molar-refractivity contribution >= 4 is 22.6 Å². The summed E-state index contributed by atoms with van der Waals surface area (Å²) in [5.74, 6) is 0.0238. The highest BCUT2D eigenvalue weighted by Crippen LogP contribution is 2.26. The Morgan fingerprint density at radius 3 is 2.58 bits per heavy atom. The molecule has 6 nitrogen and oxygen atoms in total. The lowest BCUT2D eigenvalue weighted by atomic mass is 10.1. The van der Waals surface area contributed by atoms with Crippen molar-refractivity contribution in [2.75, 3.05) is 12.4 Å². The number of urea groups is 1. The van der Waals surface area contributed by atoms with Crippen molar-refractivity contribution in [3.05, 3.63) is 100 Å². The number of anilines is 1. The Balaban J connectivity index is 1.83. The predicted molar refractivity (Wildman–Crippen MR) is 128 cm³/mol. The summed E-state index contributed by atoms with van der Waals surface area (Å²) in [6.45, 7) is 3.89. The van der Waals surface area contributed by atoms with E-state index in [-0.39, 0.29) is 5.56 Å². The summed E-state index contributed by atoms with van der Waals surface area (Å²) in [5.41, 5.74) is 2.41. The second-order valence-electron chi connectivity index (χ2n) is 7.94. The molecular formula is C26H25FN4O2. The van der Waals surface area contributed by atoms with Gasteiger partial charge in [-0.2, -0.15) is 0 Å². The molecule has 0 aliphatic heterocycles. The van der Waals surface area contributed by atoms with Crippen LogP contribution in [-0.2, 0) is 0 Å². The van der Waals surface area contributed by atoms with E-state index in [0.717, 1.165) is 5.56 Å². The van der Waals surface area contributed by atoms with Crippen LogP contribution in [0, 0.1) is 12.7 Å². The molecule has 0 aliphatic rings. The van der Waals surface area contributed by atoms with Gasteiger partial charge in [-0.25, -0.2) is 14.2 Å². The monoisotopic (exact) mass is 444 g/mol. The maximum absolute atomic E-state index is 13.6. The lowest BCUT2D eigenvalue weighted by molar-refractivity contribution is 0.199. The molecule has 0 saturated heterocycles. The highest BCUT2D eigenvalue weighted by Gasteiger charge is 2.26. The molecule has 1 unspecified atom stereocenters. The van der Waals surface area contributed by atoms with Gasteiger partial charge in [-0.1, -0.05) is 37.3 Å². The zero-order chi connectivity index (χ0) is 23.5. The average Bonchev–Trinajstić information content (AvgIpc) is 2.79. The zero-order valence-corrected chi connectivity index (χ0v) is 18.7. The van der Waals surface area contributed by atoms with E-state index in [0.29, 0.717) is 34.5 Å². The number of rotatable bonds is 5. The van der Waals surface area contributed by atoms with Gasteiger partial charge in [-0.05, 0) is 61.4 Å². The van der Waals surface area contributed by atoms with E-state index < -0.39 is 17.9 Å². The van der Waals surface area contributed by atoms with Crippen LogP contribution in [0.5, 0.6) is 0 Å². The van der Waals surface area contributed by atoms with E-state index in [4.69, 9.17) is 4.98 Å². The highest BCUT2D eigenvalue weighted by molar-refractivity contribution is 5.89. The van der Waals surface area contributed by atoms with E-state index in [9.17, 15) is 14.0 Å². The third-order valence-corrected chi connectivity index (χ3v) is 5.61. The topological polar surface area (TPSA) is 67.2 Å². The van der Waals surface area contributed by atoms with E-state index in [1.807, 2.05) is 50.2 Å². The molecule has 0 saturated carbocycles. The molecule has 2 amide bonds. The lowest BCUT2D eigenvalue weighted by Gasteiger charge is -2.29. The summed E-state index contributed by atoms with van der Waals surface area (Å²) in [6, 6.07) is 19.6. The van der Waals surface area contributed by atoms with Crippen LogP contribution in [0.25, 0.3) is 16.6 Å². The highest BCUT2D eigenvalue weighted by atomic mass is 19.1. The van der Waals surface area contributed by atoms with Gasteiger partial charge in [0.25, 0.3) is 5.56 Å². The molecule has 1 N–H and O–H groups in total. The number of hydrogen-bond acceptors (Lipinski definition) is 3. The first-order chi connectivity index (χ1) is 15.9. The van der Waals surface area contributed by atoms with Crippen LogP contribution < -0.4 is 10.9 Å². The Morgan fingerprint density at radius 2 is 1.85 bits per heavy atom. The fourth-order valence-corrected chi connectivity index (χ4v) is 3.94. The number of benzene rings is 3. The number of hydrogen-bond donors (Lipinski definition) is 1. The van der Waals surface area contributed by atoms with Gasteiger partial charge in [-0.3, -0.25) is 9.36 Å². The van der Waals surface area contributed by atoms with E-state index in [2.05, 4.69) is 5.32 Å². The maximum Gasteiger partial charge on any atom is 0.322 e. The number of carbonyl (C=O) groups excluding carboxylic acids is 1. The molecule has 7 heteroatoms. The van der Waals surface area contributed by atoms with Crippen molar-refractivity contribution in [3.8, 4) is 5.69 Å². The molecule has 1 aromatic heterocycles. The summed E-state index contributed by atoms with van der Waals surface area (Å²) < 4.78 is 15.1. The van der Waals surface area contributed by atoms with Crippen LogP contribution in [-0.4, -0.2) is 27.5 Å². The van der Waals surface area contributed by atoms with Crippen molar-refractivity contribution in [2.24, 2.45) is 0 Å². The summed E-state index contributed by atoms with van der Waals surface area (Å²) >= 11 is 0. The smallest absolute Gasteiger partial charge is 0.317 e. The lowest BCUT2D eigenvalue weighted by Crippen LogP contribution is -2.38. The van der Waals surface area contributed by atoms with Crippen LogP contribution >= 0.6 is 0 Å². The Labute approximate surface area is 191 Å². The number of aromatic nitrogens is 2. The number of fused-ring (bicyclic) bond motifs is 1. The molecule has 0 aliphatic carbocycles. The SMILES string of the molecule is CCC(c1nc2ccccc2c(=O)n1-c1cccc(C)c1)N(C)C(=O)Nc1cccc(F)c1. The molecule has 0 spiro atoms. The van der Waals surface area contributed by atoms with Crippen molar-refractivity contribution in [2.45, 2.75) is 26.3 Å². The van der Waals surface area contributed by atoms with Gasteiger partial charge in [0.15, 0.2) is 0 Å². The third-order valence-electron chi connectivity index (χ3n) is 5.61. The molecule has 1 heterocycles. The van der Waals surface area contributed by atoms with Crippen LogP contribution in [0.1, 0.15) is 30.8 Å². The fourth-order valence-electron chi connectivity index (χ4n) is 3.94. The van der Waals surface area contributed by atoms with Crippen molar-refractivity contribution in [1.29, 1.82) is 0 Å². The predicted octanol–water partition coefficient (Wildman–Crippen LogP) is 5.45.